The van der Waals surface area contributed by atoms with Crippen molar-refractivity contribution in [2.45, 2.75) is 6.92 Å². The van der Waals surface area contributed by atoms with Gasteiger partial charge in [0, 0.05) is 26.6 Å². The summed E-state index contributed by atoms with van der Waals surface area (Å²) >= 11 is 0. The largest absolute Gasteiger partial charge is 0.376 e. The number of hydrogen-bond acceptors (Lipinski definition) is 4. The van der Waals surface area contributed by atoms with Crippen LogP contribution in [0.2, 0.25) is 0 Å². The fourth-order valence-electron chi connectivity index (χ4n) is 1.37. The molecular formula is C12H20N4O. The molecule has 1 rings (SSSR count). The second-order valence-electron chi connectivity index (χ2n) is 4.24. The van der Waals surface area contributed by atoms with Gasteiger partial charge < -0.3 is 15.5 Å². The number of carbonyl (C=O) groups excluding carboxylic acids is 1. The van der Waals surface area contributed by atoms with Crippen molar-refractivity contribution >= 4 is 17.4 Å². The minimum atomic E-state index is -0.0738. The Hall–Kier alpha value is -1.62. The Bertz CT molecular complexity index is 361. The van der Waals surface area contributed by atoms with Gasteiger partial charge in [0.1, 0.15) is 5.82 Å². The van der Waals surface area contributed by atoms with E-state index >= 15 is 0 Å². The van der Waals surface area contributed by atoms with Crippen LogP contribution in [0.1, 0.15) is 6.92 Å². The quantitative estimate of drug-likeness (QED) is 0.799. The van der Waals surface area contributed by atoms with Gasteiger partial charge >= 0.3 is 0 Å². The molecule has 0 aromatic carbocycles. The van der Waals surface area contributed by atoms with Crippen molar-refractivity contribution in [1.82, 2.24) is 10.3 Å². The molecule has 0 radical (unpaired) electrons. The van der Waals surface area contributed by atoms with Gasteiger partial charge in [-0.05, 0) is 19.2 Å². The van der Waals surface area contributed by atoms with Gasteiger partial charge in [0.25, 0.3) is 0 Å². The molecular weight excluding hydrogens is 216 g/mol. The van der Waals surface area contributed by atoms with Crippen molar-refractivity contribution in [1.29, 1.82) is 0 Å². The first-order valence-corrected chi connectivity index (χ1v) is 5.63. The normalized spacial score (nSPS) is 12.0. The van der Waals surface area contributed by atoms with Crippen molar-refractivity contribution in [3.8, 4) is 0 Å². The molecule has 1 atom stereocenters. The predicted molar refractivity (Wildman–Crippen MR) is 70.3 cm³/mol. The summed E-state index contributed by atoms with van der Waals surface area (Å²) in [6.07, 6.45) is 1.73. The molecule has 0 spiro atoms. The SMILES string of the molecule is CNCC(C)C(=O)Nc1ccc(N(C)C)cn1. The highest BCUT2D eigenvalue weighted by Gasteiger charge is 2.12. The Balaban J connectivity index is 2.60. The van der Waals surface area contributed by atoms with E-state index in [0.29, 0.717) is 12.4 Å². The van der Waals surface area contributed by atoms with Crippen LogP contribution in [-0.2, 0) is 4.79 Å². The first-order valence-electron chi connectivity index (χ1n) is 5.63. The average molecular weight is 236 g/mol. The minimum Gasteiger partial charge on any atom is -0.376 e. The number of carbonyl (C=O) groups is 1. The molecule has 5 heteroatoms. The molecule has 5 nitrogen and oxygen atoms in total. The third kappa shape index (κ3) is 4.03. The Morgan fingerprint density at radius 2 is 2.18 bits per heavy atom. The number of amides is 1. The van der Waals surface area contributed by atoms with E-state index in [1.54, 1.807) is 12.3 Å². The van der Waals surface area contributed by atoms with Crippen molar-refractivity contribution in [2.75, 3.05) is 37.9 Å². The number of nitrogens with zero attached hydrogens (tertiary/aromatic N) is 2. The first-order chi connectivity index (χ1) is 8.04. The fraction of sp³-hybridized carbons (Fsp3) is 0.500. The lowest BCUT2D eigenvalue weighted by atomic mass is 10.1. The zero-order valence-electron chi connectivity index (χ0n) is 10.8. The molecule has 0 fully saturated rings. The lowest BCUT2D eigenvalue weighted by molar-refractivity contribution is -0.119. The van der Waals surface area contributed by atoms with E-state index in [1.807, 2.05) is 39.0 Å². The van der Waals surface area contributed by atoms with Crippen LogP contribution in [0.4, 0.5) is 11.5 Å². The van der Waals surface area contributed by atoms with Gasteiger partial charge in [0.05, 0.1) is 11.9 Å². The Labute approximate surface area is 102 Å². The van der Waals surface area contributed by atoms with Crippen LogP contribution in [0.3, 0.4) is 0 Å². The van der Waals surface area contributed by atoms with Crippen LogP contribution in [-0.4, -0.2) is 38.6 Å². The molecule has 0 bridgehead atoms. The molecule has 94 valence electrons. The molecule has 0 aliphatic rings. The first kappa shape index (κ1) is 13.4. The summed E-state index contributed by atoms with van der Waals surface area (Å²) in [7, 11) is 5.72. The van der Waals surface area contributed by atoms with Gasteiger partial charge in [-0.1, -0.05) is 6.92 Å². The third-order valence-electron chi connectivity index (χ3n) is 2.47. The highest BCUT2D eigenvalue weighted by Crippen LogP contribution is 2.12. The van der Waals surface area contributed by atoms with Crippen molar-refractivity contribution in [3.63, 3.8) is 0 Å². The van der Waals surface area contributed by atoms with Crippen molar-refractivity contribution in [2.24, 2.45) is 5.92 Å². The number of aromatic nitrogens is 1. The van der Waals surface area contributed by atoms with Crippen LogP contribution in [0.5, 0.6) is 0 Å². The summed E-state index contributed by atoms with van der Waals surface area (Å²) in [4.78, 5) is 17.9. The summed E-state index contributed by atoms with van der Waals surface area (Å²) in [6, 6.07) is 3.73. The predicted octanol–water partition coefficient (Wildman–Crippen LogP) is 0.942. The van der Waals surface area contributed by atoms with Crippen LogP contribution in [0.15, 0.2) is 18.3 Å². The second-order valence-corrected chi connectivity index (χ2v) is 4.24. The third-order valence-corrected chi connectivity index (χ3v) is 2.47. The molecule has 0 saturated heterocycles. The summed E-state index contributed by atoms with van der Waals surface area (Å²) in [5.41, 5.74) is 1.01. The van der Waals surface area contributed by atoms with E-state index in [2.05, 4.69) is 15.6 Å². The number of nitrogens with one attached hydrogen (secondary N) is 2. The van der Waals surface area contributed by atoms with Crippen LogP contribution in [0, 0.1) is 5.92 Å². The van der Waals surface area contributed by atoms with Crippen molar-refractivity contribution < 1.29 is 4.79 Å². The standard InChI is InChI=1S/C12H20N4O/c1-9(7-13-2)12(17)15-11-6-5-10(8-14-11)16(3)4/h5-6,8-9,13H,7H2,1-4H3,(H,14,15,17). The van der Waals surface area contributed by atoms with E-state index in [0.717, 1.165) is 5.69 Å². The van der Waals surface area contributed by atoms with Gasteiger partial charge in [0.2, 0.25) is 5.91 Å². The van der Waals surface area contributed by atoms with Gasteiger partial charge in [-0.25, -0.2) is 4.98 Å². The highest BCUT2D eigenvalue weighted by atomic mass is 16.1. The lowest BCUT2D eigenvalue weighted by Gasteiger charge is -2.13. The van der Waals surface area contributed by atoms with Gasteiger partial charge in [-0.2, -0.15) is 0 Å². The maximum Gasteiger partial charge on any atom is 0.229 e. The smallest absolute Gasteiger partial charge is 0.229 e. The number of anilines is 2. The Kier molecular flexibility index (Phi) is 4.90. The van der Waals surface area contributed by atoms with Crippen LogP contribution in [0.25, 0.3) is 0 Å². The minimum absolute atomic E-state index is 0.0237. The lowest BCUT2D eigenvalue weighted by Crippen LogP contribution is -2.28. The molecule has 1 heterocycles. The summed E-state index contributed by atoms with van der Waals surface area (Å²) in [6.45, 7) is 2.53. The summed E-state index contributed by atoms with van der Waals surface area (Å²) in [5, 5.41) is 5.75. The van der Waals surface area contributed by atoms with Gasteiger partial charge in [-0.15, -0.1) is 0 Å². The zero-order chi connectivity index (χ0) is 12.8. The maximum absolute atomic E-state index is 11.7. The van der Waals surface area contributed by atoms with Gasteiger partial charge in [-0.3, -0.25) is 4.79 Å². The topological polar surface area (TPSA) is 57.3 Å². The number of pyridine rings is 1. The molecule has 1 aromatic heterocycles. The van der Waals surface area contributed by atoms with E-state index in [-0.39, 0.29) is 11.8 Å². The molecule has 1 unspecified atom stereocenters. The molecule has 1 amide bonds. The molecule has 17 heavy (non-hydrogen) atoms. The van der Waals surface area contributed by atoms with E-state index < -0.39 is 0 Å². The molecule has 0 aliphatic carbocycles. The summed E-state index contributed by atoms with van der Waals surface area (Å²) in [5.74, 6) is 0.489. The Morgan fingerprint density at radius 1 is 1.47 bits per heavy atom. The molecule has 1 aromatic rings. The number of hydrogen-bond donors (Lipinski definition) is 2. The van der Waals surface area contributed by atoms with E-state index in [4.69, 9.17) is 0 Å². The molecule has 2 N–H and O–H groups in total. The Morgan fingerprint density at radius 3 is 2.65 bits per heavy atom. The number of rotatable bonds is 5. The van der Waals surface area contributed by atoms with Crippen LogP contribution >= 0.6 is 0 Å². The summed E-state index contributed by atoms with van der Waals surface area (Å²) < 4.78 is 0. The van der Waals surface area contributed by atoms with Crippen molar-refractivity contribution in [3.05, 3.63) is 18.3 Å². The van der Waals surface area contributed by atoms with E-state index in [1.165, 1.54) is 0 Å². The van der Waals surface area contributed by atoms with Gasteiger partial charge in [0.15, 0.2) is 0 Å². The monoisotopic (exact) mass is 236 g/mol. The highest BCUT2D eigenvalue weighted by molar-refractivity contribution is 5.91. The fourth-order valence-corrected chi connectivity index (χ4v) is 1.37. The zero-order valence-corrected chi connectivity index (χ0v) is 10.8. The maximum atomic E-state index is 11.7. The molecule has 0 saturated carbocycles. The van der Waals surface area contributed by atoms with E-state index in [9.17, 15) is 4.79 Å². The second kappa shape index (κ2) is 6.20. The molecule has 0 aliphatic heterocycles. The van der Waals surface area contributed by atoms with Crippen LogP contribution < -0.4 is 15.5 Å². The average Bonchev–Trinajstić information content (AvgIpc) is 2.30.